The van der Waals surface area contributed by atoms with E-state index < -0.39 is 5.97 Å². The molecule has 0 radical (unpaired) electrons. The molecule has 1 aromatic carbocycles. The summed E-state index contributed by atoms with van der Waals surface area (Å²) in [6.07, 6.45) is 1.62. The fraction of sp³-hybridized carbons (Fsp3) is 0.409. The molecule has 1 amide bonds. The van der Waals surface area contributed by atoms with Gasteiger partial charge in [0.25, 0.3) is 0 Å². The molecule has 2 rings (SSSR count). The topological polar surface area (TPSA) is 94.8 Å². The van der Waals surface area contributed by atoms with Gasteiger partial charge in [0.05, 0.1) is 18.8 Å². The number of carbonyl (C=O) groups is 3. The van der Waals surface area contributed by atoms with E-state index >= 15 is 0 Å². The Kier molecular flexibility index (Phi) is 8.00. The average molecular weight is 401 g/mol. The van der Waals surface area contributed by atoms with Crippen LogP contribution in [0.5, 0.6) is 5.75 Å². The highest BCUT2D eigenvalue weighted by atomic mass is 16.5. The lowest BCUT2D eigenvalue weighted by Crippen LogP contribution is -2.16. The van der Waals surface area contributed by atoms with Gasteiger partial charge in [0.15, 0.2) is 5.78 Å². The number of ether oxygens (including phenoxy) is 2. The Morgan fingerprint density at radius 1 is 1.07 bits per heavy atom. The Bertz CT molecular complexity index is 866. The zero-order valence-electron chi connectivity index (χ0n) is 17.3. The lowest BCUT2D eigenvalue weighted by atomic mass is 10.1. The zero-order chi connectivity index (χ0) is 21.4. The normalized spacial score (nSPS) is 10.5. The number of esters is 1. The van der Waals surface area contributed by atoms with Crippen LogP contribution in [-0.2, 0) is 16.0 Å². The molecule has 156 valence electrons. The van der Waals surface area contributed by atoms with Crippen LogP contribution in [0.3, 0.4) is 0 Å². The van der Waals surface area contributed by atoms with Crippen LogP contribution >= 0.6 is 0 Å². The summed E-state index contributed by atoms with van der Waals surface area (Å²) in [5, 5.41) is 2.57. The number of hydrogen-bond acceptors (Lipinski definition) is 6. The maximum absolute atomic E-state index is 12.3. The van der Waals surface area contributed by atoms with Crippen LogP contribution in [0.2, 0.25) is 0 Å². The van der Waals surface area contributed by atoms with Crippen LogP contribution < -0.4 is 10.1 Å². The third kappa shape index (κ3) is 5.94. The molecule has 0 aliphatic heterocycles. The molecule has 1 N–H and O–H groups in total. The van der Waals surface area contributed by atoms with E-state index in [0.29, 0.717) is 13.0 Å². The molecule has 0 fully saturated rings. The third-order valence-electron chi connectivity index (χ3n) is 4.32. The first-order chi connectivity index (χ1) is 13.9. The number of aryl methyl sites for hydroxylation is 2. The maximum Gasteiger partial charge on any atom is 0.344 e. The molecule has 0 saturated carbocycles. The Morgan fingerprint density at radius 3 is 2.34 bits per heavy atom. The zero-order valence-corrected chi connectivity index (χ0v) is 17.3. The van der Waals surface area contributed by atoms with Gasteiger partial charge >= 0.3 is 5.97 Å². The standard InChI is InChI=1S/C22H27NO6/c1-5-16-9-11-17(12-10-16)28-13-7-8-18(25)23-21-20(22(26)27-6-2)19(14(3)24)15(4)29-21/h9-12H,5-8,13H2,1-4H3,(H,23,25). The number of benzene rings is 1. The van der Waals surface area contributed by atoms with Gasteiger partial charge in [-0.05, 0) is 51.3 Å². The van der Waals surface area contributed by atoms with Gasteiger partial charge in [-0.2, -0.15) is 0 Å². The number of rotatable bonds is 10. The lowest BCUT2D eigenvalue weighted by Gasteiger charge is -2.08. The molecule has 0 bridgehead atoms. The predicted octanol–water partition coefficient (Wildman–Crippen LogP) is 4.33. The van der Waals surface area contributed by atoms with Crippen LogP contribution in [0.4, 0.5) is 5.88 Å². The van der Waals surface area contributed by atoms with Crippen molar-refractivity contribution in [1.82, 2.24) is 0 Å². The average Bonchev–Trinajstić information content (AvgIpc) is 3.01. The molecule has 0 aliphatic rings. The van der Waals surface area contributed by atoms with Gasteiger partial charge in [-0.15, -0.1) is 0 Å². The van der Waals surface area contributed by atoms with Crippen LogP contribution in [0, 0.1) is 6.92 Å². The summed E-state index contributed by atoms with van der Waals surface area (Å²) in [6.45, 7) is 7.15. The van der Waals surface area contributed by atoms with E-state index in [0.717, 1.165) is 12.2 Å². The highest BCUT2D eigenvalue weighted by Crippen LogP contribution is 2.28. The summed E-state index contributed by atoms with van der Waals surface area (Å²) in [4.78, 5) is 36.4. The minimum Gasteiger partial charge on any atom is -0.494 e. The number of Topliss-reactive ketones (excluding diaryl/α,β-unsaturated/α-hetero) is 1. The summed E-state index contributed by atoms with van der Waals surface area (Å²) < 4.78 is 16.1. The van der Waals surface area contributed by atoms with Gasteiger partial charge in [0.1, 0.15) is 17.1 Å². The summed E-state index contributed by atoms with van der Waals surface area (Å²) in [6, 6.07) is 7.81. The Morgan fingerprint density at radius 2 is 1.76 bits per heavy atom. The fourth-order valence-corrected chi connectivity index (χ4v) is 2.89. The van der Waals surface area contributed by atoms with Crippen molar-refractivity contribution >= 4 is 23.5 Å². The number of ketones is 1. The van der Waals surface area contributed by atoms with Crippen molar-refractivity contribution in [1.29, 1.82) is 0 Å². The minimum atomic E-state index is -0.705. The highest BCUT2D eigenvalue weighted by molar-refractivity contribution is 6.10. The quantitative estimate of drug-likeness (QED) is 0.362. The first-order valence-corrected chi connectivity index (χ1v) is 9.70. The number of anilines is 1. The smallest absolute Gasteiger partial charge is 0.344 e. The van der Waals surface area contributed by atoms with Gasteiger partial charge in [-0.25, -0.2) is 4.79 Å². The van der Waals surface area contributed by atoms with E-state index in [1.54, 1.807) is 13.8 Å². The van der Waals surface area contributed by atoms with E-state index in [2.05, 4.69) is 12.2 Å². The van der Waals surface area contributed by atoms with E-state index in [-0.39, 0.29) is 47.5 Å². The third-order valence-corrected chi connectivity index (χ3v) is 4.32. The van der Waals surface area contributed by atoms with Crippen molar-refractivity contribution in [2.75, 3.05) is 18.5 Å². The molecule has 1 heterocycles. The van der Waals surface area contributed by atoms with Crippen molar-refractivity contribution in [2.45, 2.75) is 47.0 Å². The predicted molar refractivity (Wildman–Crippen MR) is 109 cm³/mol. The second-order valence-corrected chi connectivity index (χ2v) is 6.51. The van der Waals surface area contributed by atoms with Crippen molar-refractivity contribution in [3.05, 3.63) is 46.7 Å². The number of carbonyl (C=O) groups excluding carboxylic acids is 3. The van der Waals surface area contributed by atoms with Gasteiger partial charge in [-0.3, -0.25) is 14.9 Å². The summed E-state index contributed by atoms with van der Waals surface area (Å²) in [5.41, 5.74) is 1.31. The van der Waals surface area contributed by atoms with Crippen LogP contribution in [-0.4, -0.2) is 30.9 Å². The minimum absolute atomic E-state index is 0.0440. The SMILES string of the molecule is CCOC(=O)c1c(NC(=O)CCCOc2ccc(CC)cc2)oc(C)c1C(C)=O. The second kappa shape index (κ2) is 10.5. The Balaban J connectivity index is 1.94. The van der Waals surface area contributed by atoms with E-state index in [1.807, 2.05) is 24.3 Å². The van der Waals surface area contributed by atoms with E-state index in [9.17, 15) is 14.4 Å². The van der Waals surface area contributed by atoms with Gasteiger partial charge < -0.3 is 13.9 Å². The molecular formula is C22H27NO6. The Hall–Kier alpha value is -3.09. The van der Waals surface area contributed by atoms with Crippen LogP contribution in [0.15, 0.2) is 28.7 Å². The van der Waals surface area contributed by atoms with Crippen molar-refractivity contribution in [3.8, 4) is 5.75 Å². The molecule has 0 aliphatic carbocycles. The number of furan rings is 1. The van der Waals surface area contributed by atoms with Gasteiger partial charge in [0.2, 0.25) is 11.8 Å². The highest BCUT2D eigenvalue weighted by Gasteiger charge is 2.28. The largest absolute Gasteiger partial charge is 0.494 e. The number of hydrogen-bond donors (Lipinski definition) is 1. The first kappa shape index (κ1) is 22.2. The molecule has 0 atom stereocenters. The Labute approximate surface area is 170 Å². The van der Waals surface area contributed by atoms with Gasteiger partial charge in [-0.1, -0.05) is 19.1 Å². The molecule has 7 nitrogen and oxygen atoms in total. The molecule has 2 aromatic rings. The van der Waals surface area contributed by atoms with E-state index in [1.165, 1.54) is 12.5 Å². The van der Waals surface area contributed by atoms with Gasteiger partial charge in [0, 0.05) is 6.42 Å². The van der Waals surface area contributed by atoms with Crippen molar-refractivity contribution in [2.24, 2.45) is 0 Å². The fourth-order valence-electron chi connectivity index (χ4n) is 2.89. The molecule has 29 heavy (non-hydrogen) atoms. The molecule has 7 heteroatoms. The molecule has 0 unspecified atom stereocenters. The van der Waals surface area contributed by atoms with Crippen LogP contribution in [0.25, 0.3) is 0 Å². The summed E-state index contributed by atoms with van der Waals surface area (Å²) >= 11 is 0. The molecule has 1 aromatic heterocycles. The second-order valence-electron chi connectivity index (χ2n) is 6.51. The van der Waals surface area contributed by atoms with Crippen molar-refractivity contribution in [3.63, 3.8) is 0 Å². The molecular weight excluding hydrogens is 374 g/mol. The lowest BCUT2D eigenvalue weighted by molar-refractivity contribution is -0.116. The van der Waals surface area contributed by atoms with Crippen molar-refractivity contribution < 1.29 is 28.3 Å². The van der Waals surface area contributed by atoms with E-state index in [4.69, 9.17) is 13.9 Å². The number of amides is 1. The summed E-state index contributed by atoms with van der Waals surface area (Å²) in [7, 11) is 0. The van der Waals surface area contributed by atoms with Crippen LogP contribution in [0.1, 0.15) is 65.7 Å². The molecule has 0 saturated heterocycles. The molecule has 0 spiro atoms. The first-order valence-electron chi connectivity index (χ1n) is 9.70. The summed E-state index contributed by atoms with van der Waals surface area (Å²) in [5.74, 6) is -0.438. The maximum atomic E-state index is 12.3. The number of nitrogens with one attached hydrogen (secondary N) is 1. The monoisotopic (exact) mass is 401 g/mol.